The van der Waals surface area contributed by atoms with Crippen molar-refractivity contribution < 1.29 is 5.11 Å². The van der Waals surface area contributed by atoms with E-state index in [0.717, 1.165) is 11.9 Å². The summed E-state index contributed by atoms with van der Waals surface area (Å²) in [6, 6.07) is 0.419. The average Bonchev–Trinajstić information content (AvgIpc) is 2.76. The fourth-order valence-corrected chi connectivity index (χ4v) is 4.00. The summed E-state index contributed by atoms with van der Waals surface area (Å²) in [4.78, 5) is 2.52. The average molecular weight is 306 g/mol. The molecule has 0 aromatic heterocycles. The standard InChI is InChI=1S/C14H28BrNO/c1-3-7-14(11-15,8-4-2)12-16-9-5-6-13(16)10-17/h13,17H,3-12H2,1-2H3. The highest BCUT2D eigenvalue weighted by molar-refractivity contribution is 9.09. The molecular formula is C14H28BrNO. The van der Waals surface area contributed by atoms with Gasteiger partial charge in [-0.1, -0.05) is 42.6 Å². The Balaban J connectivity index is 2.63. The lowest BCUT2D eigenvalue weighted by Gasteiger charge is -2.37. The monoisotopic (exact) mass is 305 g/mol. The fourth-order valence-electron chi connectivity index (χ4n) is 3.26. The summed E-state index contributed by atoms with van der Waals surface area (Å²) in [5, 5.41) is 10.5. The van der Waals surface area contributed by atoms with E-state index < -0.39 is 0 Å². The number of alkyl halides is 1. The van der Waals surface area contributed by atoms with Crippen molar-refractivity contribution in [1.82, 2.24) is 4.90 Å². The smallest absolute Gasteiger partial charge is 0.0586 e. The van der Waals surface area contributed by atoms with Crippen LogP contribution in [0.4, 0.5) is 0 Å². The Kier molecular flexibility index (Phi) is 7.05. The van der Waals surface area contributed by atoms with E-state index in [4.69, 9.17) is 0 Å². The van der Waals surface area contributed by atoms with Crippen molar-refractivity contribution in [2.75, 3.05) is 25.0 Å². The van der Waals surface area contributed by atoms with Gasteiger partial charge in [-0.25, -0.2) is 0 Å². The van der Waals surface area contributed by atoms with Crippen molar-refractivity contribution in [2.24, 2.45) is 5.41 Å². The van der Waals surface area contributed by atoms with Crippen LogP contribution >= 0.6 is 15.9 Å². The molecule has 0 saturated carbocycles. The summed E-state index contributed by atoms with van der Waals surface area (Å²) in [5.41, 5.74) is 0.418. The summed E-state index contributed by atoms with van der Waals surface area (Å²) >= 11 is 3.74. The van der Waals surface area contributed by atoms with Crippen LogP contribution in [-0.4, -0.2) is 41.1 Å². The minimum atomic E-state index is 0.330. The van der Waals surface area contributed by atoms with Crippen LogP contribution in [0.2, 0.25) is 0 Å². The zero-order valence-corrected chi connectivity index (χ0v) is 13.0. The van der Waals surface area contributed by atoms with E-state index in [1.165, 1.54) is 45.1 Å². The van der Waals surface area contributed by atoms with Crippen molar-refractivity contribution in [3.63, 3.8) is 0 Å². The van der Waals surface area contributed by atoms with E-state index >= 15 is 0 Å². The van der Waals surface area contributed by atoms with Crippen molar-refractivity contribution in [3.8, 4) is 0 Å². The van der Waals surface area contributed by atoms with E-state index in [1.54, 1.807) is 0 Å². The number of aliphatic hydroxyl groups excluding tert-OH is 1. The second-order valence-electron chi connectivity index (χ2n) is 5.58. The van der Waals surface area contributed by atoms with Gasteiger partial charge >= 0.3 is 0 Å². The van der Waals surface area contributed by atoms with Crippen molar-refractivity contribution >= 4 is 15.9 Å². The van der Waals surface area contributed by atoms with Gasteiger partial charge in [0.05, 0.1) is 6.61 Å². The van der Waals surface area contributed by atoms with E-state index in [0.29, 0.717) is 18.1 Å². The van der Waals surface area contributed by atoms with E-state index in [2.05, 4.69) is 34.7 Å². The van der Waals surface area contributed by atoms with Gasteiger partial charge in [0.25, 0.3) is 0 Å². The fraction of sp³-hybridized carbons (Fsp3) is 1.00. The van der Waals surface area contributed by atoms with Crippen molar-refractivity contribution in [3.05, 3.63) is 0 Å². The topological polar surface area (TPSA) is 23.5 Å². The van der Waals surface area contributed by atoms with E-state index in [1.807, 2.05) is 0 Å². The summed E-state index contributed by atoms with van der Waals surface area (Å²) in [6.45, 7) is 7.22. The second-order valence-corrected chi connectivity index (χ2v) is 6.14. The van der Waals surface area contributed by atoms with Gasteiger partial charge in [-0.15, -0.1) is 0 Å². The van der Waals surface area contributed by atoms with Crippen LogP contribution in [0.25, 0.3) is 0 Å². The lowest BCUT2D eigenvalue weighted by molar-refractivity contribution is 0.102. The Morgan fingerprint density at radius 2 is 1.94 bits per heavy atom. The number of rotatable bonds is 8. The quantitative estimate of drug-likeness (QED) is 0.695. The van der Waals surface area contributed by atoms with Crippen LogP contribution in [0.5, 0.6) is 0 Å². The Bertz CT molecular complexity index is 204. The molecule has 1 rings (SSSR count). The van der Waals surface area contributed by atoms with Crippen molar-refractivity contribution in [1.29, 1.82) is 0 Å². The molecule has 1 heterocycles. The molecule has 0 aliphatic carbocycles. The van der Waals surface area contributed by atoms with E-state index in [9.17, 15) is 5.11 Å². The van der Waals surface area contributed by atoms with Crippen LogP contribution in [-0.2, 0) is 0 Å². The third kappa shape index (κ3) is 4.22. The van der Waals surface area contributed by atoms with Gasteiger partial charge in [-0.05, 0) is 37.6 Å². The van der Waals surface area contributed by atoms with Gasteiger partial charge in [0.1, 0.15) is 0 Å². The normalized spacial score (nSPS) is 22.2. The maximum atomic E-state index is 9.41. The summed E-state index contributed by atoms with van der Waals surface area (Å²) in [5.74, 6) is 0. The third-order valence-corrected chi connectivity index (χ3v) is 5.28. The largest absolute Gasteiger partial charge is 0.395 e. The maximum absolute atomic E-state index is 9.41. The predicted octanol–water partition coefficient (Wildman–Crippen LogP) is 3.42. The zero-order valence-electron chi connectivity index (χ0n) is 11.4. The third-order valence-electron chi connectivity index (χ3n) is 4.09. The van der Waals surface area contributed by atoms with Crippen LogP contribution in [0.15, 0.2) is 0 Å². The van der Waals surface area contributed by atoms with Crippen LogP contribution < -0.4 is 0 Å². The number of aliphatic hydroxyl groups is 1. The van der Waals surface area contributed by atoms with E-state index in [-0.39, 0.29) is 0 Å². The molecule has 2 nitrogen and oxygen atoms in total. The minimum Gasteiger partial charge on any atom is -0.395 e. The lowest BCUT2D eigenvalue weighted by atomic mass is 9.80. The molecule has 102 valence electrons. The van der Waals surface area contributed by atoms with Gasteiger partial charge in [-0.2, -0.15) is 0 Å². The molecule has 1 atom stereocenters. The summed E-state index contributed by atoms with van der Waals surface area (Å²) in [6.07, 6.45) is 7.52. The highest BCUT2D eigenvalue weighted by Crippen LogP contribution is 2.35. The number of hydrogen-bond donors (Lipinski definition) is 1. The minimum absolute atomic E-state index is 0.330. The Labute approximate surface area is 115 Å². The molecule has 1 N–H and O–H groups in total. The Hall–Kier alpha value is 0.400. The van der Waals surface area contributed by atoms with Crippen LogP contribution in [0.1, 0.15) is 52.4 Å². The number of likely N-dealkylation sites (tertiary alicyclic amines) is 1. The molecule has 1 unspecified atom stereocenters. The van der Waals surface area contributed by atoms with Gasteiger partial charge in [0, 0.05) is 17.9 Å². The molecule has 0 spiro atoms. The molecule has 1 saturated heterocycles. The maximum Gasteiger partial charge on any atom is 0.0586 e. The molecule has 0 radical (unpaired) electrons. The van der Waals surface area contributed by atoms with Gasteiger partial charge in [0.15, 0.2) is 0 Å². The molecule has 0 bridgehead atoms. The Morgan fingerprint density at radius 3 is 2.41 bits per heavy atom. The van der Waals surface area contributed by atoms with Crippen LogP contribution in [0, 0.1) is 5.41 Å². The first kappa shape index (κ1) is 15.5. The first-order valence-corrected chi connectivity index (χ1v) is 8.24. The summed E-state index contributed by atoms with van der Waals surface area (Å²) in [7, 11) is 0. The van der Waals surface area contributed by atoms with Crippen molar-refractivity contribution in [2.45, 2.75) is 58.4 Å². The number of halogens is 1. The molecule has 1 aliphatic rings. The molecular weight excluding hydrogens is 278 g/mol. The molecule has 0 aromatic carbocycles. The number of hydrogen-bond acceptors (Lipinski definition) is 2. The molecule has 0 amide bonds. The Morgan fingerprint density at radius 1 is 1.29 bits per heavy atom. The van der Waals surface area contributed by atoms with Gasteiger partial charge in [0.2, 0.25) is 0 Å². The molecule has 1 fully saturated rings. The summed E-state index contributed by atoms with van der Waals surface area (Å²) < 4.78 is 0. The SMILES string of the molecule is CCCC(CBr)(CCC)CN1CCCC1CO. The number of nitrogens with zero attached hydrogens (tertiary/aromatic N) is 1. The second kappa shape index (κ2) is 7.75. The molecule has 3 heteroatoms. The van der Waals surface area contributed by atoms with Gasteiger partial charge in [-0.3, -0.25) is 4.90 Å². The highest BCUT2D eigenvalue weighted by atomic mass is 79.9. The molecule has 0 aromatic rings. The van der Waals surface area contributed by atoms with Gasteiger partial charge < -0.3 is 5.11 Å². The molecule has 17 heavy (non-hydrogen) atoms. The zero-order chi connectivity index (χ0) is 12.7. The van der Waals surface area contributed by atoms with Crippen LogP contribution in [0.3, 0.4) is 0 Å². The predicted molar refractivity (Wildman–Crippen MR) is 77.7 cm³/mol. The highest BCUT2D eigenvalue weighted by Gasteiger charge is 2.34. The molecule has 1 aliphatic heterocycles. The first-order chi connectivity index (χ1) is 8.21. The first-order valence-electron chi connectivity index (χ1n) is 7.12. The lowest BCUT2D eigenvalue weighted by Crippen LogP contribution is -2.42.